The summed E-state index contributed by atoms with van der Waals surface area (Å²) in [5, 5.41) is 5.57. The van der Waals surface area contributed by atoms with Crippen LogP contribution >= 0.6 is 24.2 Å². The number of nitrogens with one attached hydrogen (secondary N) is 2. The van der Waals surface area contributed by atoms with Crippen molar-refractivity contribution in [2.45, 2.75) is 51.3 Å². The number of carbonyl (C=O) groups excluding carboxylic acids is 2. The van der Waals surface area contributed by atoms with Crippen molar-refractivity contribution in [3.63, 3.8) is 0 Å². The Kier molecular flexibility index (Phi) is 10.8. The molecule has 1 aromatic rings. The number of hydrogen-bond acceptors (Lipinski definition) is 4. The standard InChI is InChI=1S/C18H29N3O2S.ClH/c1-5-18(6-2,12-19)21-17(23)14(4)24-11-16(22)20-15-9-7-13(3)8-10-15;/h7-10,14H,5-6,11-12,19H2,1-4H3,(H,20,22)(H,21,23);1H. The predicted molar refractivity (Wildman–Crippen MR) is 109 cm³/mol. The third-order valence-electron chi connectivity index (χ3n) is 4.30. The Morgan fingerprint density at radius 1 is 1.20 bits per heavy atom. The molecule has 0 bridgehead atoms. The van der Waals surface area contributed by atoms with Crippen LogP contribution in [0.5, 0.6) is 0 Å². The van der Waals surface area contributed by atoms with Crippen LogP contribution in [0.15, 0.2) is 24.3 Å². The number of hydrogen-bond donors (Lipinski definition) is 3. The molecule has 0 fully saturated rings. The molecule has 2 amide bonds. The topological polar surface area (TPSA) is 84.2 Å². The molecule has 1 atom stereocenters. The fourth-order valence-electron chi connectivity index (χ4n) is 2.24. The van der Waals surface area contributed by atoms with Crippen LogP contribution < -0.4 is 16.4 Å². The molecule has 4 N–H and O–H groups in total. The minimum absolute atomic E-state index is 0. The molecule has 0 aromatic heterocycles. The third-order valence-corrected chi connectivity index (χ3v) is 5.44. The number of thioether (sulfide) groups is 1. The van der Waals surface area contributed by atoms with E-state index >= 15 is 0 Å². The van der Waals surface area contributed by atoms with Gasteiger partial charge < -0.3 is 16.4 Å². The van der Waals surface area contributed by atoms with Crippen molar-refractivity contribution in [1.29, 1.82) is 0 Å². The average Bonchev–Trinajstić information content (AvgIpc) is 2.59. The van der Waals surface area contributed by atoms with Crippen LogP contribution in [0.1, 0.15) is 39.2 Å². The summed E-state index contributed by atoms with van der Waals surface area (Å²) in [6.45, 7) is 8.26. The van der Waals surface area contributed by atoms with Crippen molar-refractivity contribution >= 4 is 41.7 Å². The maximum Gasteiger partial charge on any atom is 0.234 e. The van der Waals surface area contributed by atoms with Crippen LogP contribution in [-0.4, -0.2) is 34.9 Å². The zero-order chi connectivity index (χ0) is 18.2. The van der Waals surface area contributed by atoms with E-state index in [0.717, 1.165) is 24.1 Å². The van der Waals surface area contributed by atoms with Gasteiger partial charge >= 0.3 is 0 Å². The first kappa shape index (κ1) is 23.8. The summed E-state index contributed by atoms with van der Waals surface area (Å²) in [6, 6.07) is 7.62. The summed E-state index contributed by atoms with van der Waals surface area (Å²) in [5.74, 6) is 0.0490. The largest absolute Gasteiger partial charge is 0.348 e. The van der Waals surface area contributed by atoms with Crippen molar-refractivity contribution in [3.8, 4) is 0 Å². The summed E-state index contributed by atoms with van der Waals surface area (Å²) < 4.78 is 0. The van der Waals surface area contributed by atoms with E-state index < -0.39 is 0 Å². The van der Waals surface area contributed by atoms with Crippen LogP contribution in [0.4, 0.5) is 5.69 Å². The molecule has 7 heteroatoms. The zero-order valence-corrected chi connectivity index (χ0v) is 17.1. The van der Waals surface area contributed by atoms with Crippen LogP contribution in [0.2, 0.25) is 0 Å². The lowest BCUT2D eigenvalue weighted by Gasteiger charge is -2.32. The maximum absolute atomic E-state index is 12.3. The summed E-state index contributed by atoms with van der Waals surface area (Å²) >= 11 is 1.32. The van der Waals surface area contributed by atoms with E-state index in [1.165, 1.54) is 11.8 Å². The molecule has 25 heavy (non-hydrogen) atoms. The van der Waals surface area contributed by atoms with Gasteiger partial charge in [-0.25, -0.2) is 0 Å². The molecule has 0 aliphatic heterocycles. The van der Waals surface area contributed by atoms with Gasteiger partial charge in [-0.15, -0.1) is 24.2 Å². The first-order valence-corrected chi connectivity index (χ1v) is 9.41. The molecule has 1 unspecified atom stereocenters. The van der Waals surface area contributed by atoms with Gasteiger partial charge in [0.15, 0.2) is 0 Å². The van der Waals surface area contributed by atoms with Crippen LogP contribution in [0, 0.1) is 6.92 Å². The second-order valence-corrected chi connectivity index (χ2v) is 7.38. The van der Waals surface area contributed by atoms with Crippen molar-refractivity contribution in [3.05, 3.63) is 29.8 Å². The van der Waals surface area contributed by atoms with Crippen LogP contribution in [-0.2, 0) is 9.59 Å². The Balaban J connectivity index is 0.00000576. The van der Waals surface area contributed by atoms with E-state index in [1.54, 1.807) is 0 Å². The van der Waals surface area contributed by atoms with Crippen LogP contribution in [0.25, 0.3) is 0 Å². The highest BCUT2D eigenvalue weighted by Crippen LogP contribution is 2.17. The molecule has 0 spiro atoms. The highest BCUT2D eigenvalue weighted by molar-refractivity contribution is 8.01. The number of aryl methyl sites for hydroxylation is 1. The lowest BCUT2D eigenvalue weighted by Crippen LogP contribution is -2.54. The molecule has 1 rings (SSSR count). The number of nitrogens with two attached hydrogens (primary N) is 1. The molecule has 0 saturated heterocycles. The van der Waals surface area contributed by atoms with E-state index in [0.29, 0.717) is 6.54 Å². The van der Waals surface area contributed by atoms with Gasteiger partial charge in [0.25, 0.3) is 0 Å². The van der Waals surface area contributed by atoms with Gasteiger partial charge in [0.2, 0.25) is 11.8 Å². The van der Waals surface area contributed by atoms with E-state index in [2.05, 4.69) is 10.6 Å². The second kappa shape index (κ2) is 11.4. The fraction of sp³-hybridized carbons (Fsp3) is 0.556. The SMILES string of the molecule is CCC(CC)(CN)NC(=O)C(C)SCC(=O)Nc1ccc(C)cc1.Cl. The minimum atomic E-state index is -0.351. The molecule has 0 radical (unpaired) electrons. The minimum Gasteiger partial charge on any atom is -0.348 e. The quantitative estimate of drug-likeness (QED) is 0.607. The van der Waals surface area contributed by atoms with Crippen molar-refractivity contribution in [1.82, 2.24) is 5.32 Å². The normalized spacial score (nSPS) is 12.0. The van der Waals surface area contributed by atoms with Gasteiger partial charge in [-0.05, 0) is 38.8 Å². The van der Waals surface area contributed by atoms with Gasteiger partial charge in [-0.3, -0.25) is 9.59 Å². The number of carbonyl (C=O) groups is 2. The molecule has 142 valence electrons. The van der Waals surface area contributed by atoms with Gasteiger partial charge in [-0.1, -0.05) is 31.5 Å². The number of amides is 2. The average molecular weight is 388 g/mol. The highest BCUT2D eigenvalue weighted by atomic mass is 35.5. The zero-order valence-electron chi connectivity index (χ0n) is 15.4. The Bertz CT molecular complexity index is 539. The Hall–Kier alpha value is -1.24. The van der Waals surface area contributed by atoms with E-state index in [-0.39, 0.29) is 40.8 Å². The third kappa shape index (κ3) is 7.67. The number of anilines is 1. The van der Waals surface area contributed by atoms with Gasteiger partial charge in [0, 0.05) is 12.2 Å². The summed E-state index contributed by atoms with van der Waals surface area (Å²) in [4.78, 5) is 24.3. The fourth-order valence-corrected chi connectivity index (χ4v) is 2.92. The maximum atomic E-state index is 12.3. The molecule has 0 aliphatic carbocycles. The van der Waals surface area contributed by atoms with Gasteiger partial charge in [-0.2, -0.15) is 0 Å². The Morgan fingerprint density at radius 3 is 2.24 bits per heavy atom. The molecule has 0 aliphatic rings. The number of halogens is 1. The molecular formula is C18H30ClN3O2S. The summed E-state index contributed by atoms with van der Waals surface area (Å²) in [7, 11) is 0. The second-order valence-electron chi connectivity index (χ2n) is 6.05. The summed E-state index contributed by atoms with van der Waals surface area (Å²) in [6.07, 6.45) is 1.58. The lowest BCUT2D eigenvalue weighted by molar-refractivity contribution is -0.122. The van der Waals surface area contributed by atoms with E-state index in [1.807, 2.05) is 52.0 Å². The van der Waals surface area contributed by atoms with E-state index in [4.69, 9.17) is 5.73 Å². The highest BCUT2D eigenvalue weighted by Gasteiger charge is 2.28. The van der Waals surface area contributed by atoms with Gasteiger partial charge in [0.05, 0.1) is 16.5 Å². The Labute approximate surface area is 161 Å². The molecule has 0 saturated carbocycles. The first-order chi connectivity index (χ1) is 11.4. The smallest absolute Gasteiger partial charge is 0.234 e. The summed E-state index contributed by atoms with van der Waals surface area (Å²) in [5.41, 5.74) is 7.37. The van der Waals surface area contributed by atoms with Crippen molar-refractivity contribution in [2.75, 3.05) is 17.6 Å². The molecule has 1 aromatic carbocycles. The molecule has 0 heterocycles. The monoisotopic (exact) mass is 387 g/mol. The van der Waals surface area contributed by atoms with Crippen molar-refractivity contribution in [2.24, 2.45) is 5.73 Å². The number of rotatable bonds is 9. The van der Waals surface area contributed by atoms with Crippen LogP contribution in [0.3, 0.4) is 0 Å². The molecule has 5 nitrogen and oxygen atoms in total. The molecular weight excluding hydrogens is 358 g/mol. The van der Waals surface area contributed by atoms with E-state index in [9.17, 15) is 9.59 Å². The first-order valence-electron chi connectivity index (χ1n) is 8.36. The van der Waals surface area contributed by atoms with Crippen molar-refractivity contribution < 1.29 is 9.59 Å². The number of benzene rings is 1. The van der Waals surface area contributed by atoms with Gasteiger partial charge in [0.1, 0.15) is 0 Å². The Morgan fingerprint density at radius 2 is 1.76 bits per heavy atom. The lowest BCUT2D eigenvalue weighted by atomic mass is 9.93. The predicted octanol–water partition coefficient (Wildman–Crippen LogP) is 3.11.